The number of non-ortho nitro benzene ring substituents is 2. The first kappa shape index (κ1) is 27.9. The maximum absolute atomic E-state index is 14.1. The third-order valence-corrected chi connectivity index (χ3v) is 9.32. The monoisotopic (exact) mass is 588 g/mol. The highest BCUT2D eigenvalue weighted by Crippen LogP contribution is 2.68. The average molecular weight is 589 g/mol. The van der Waals surface area contributed by atoms with Gasteiger partial charge in [-0.3, -0.25) is 39.4 Å². The number of carbonyl (C=O) groups excluding carboxylic acids is 5. The molecule has 2 aromatic carbocycles. The molecule has 1 saturated carbocycles. The van der Waals surface area contributed by atoms with Gasteiger partial charge in [-0.2, -0.15) is 0 Å². The predicted octanol–water partition coefficient (Wildman–Crippen LogP) is 2.94. The van der Waals surface area contributed by atoms with E-state index in [1.807, 2.05) is 0 Å². The number of hydrogen-bond donors (Lipinski definition) is 0. The van der Waals surface area contributed by atoms with Gasteiger partial charge >= 0.3 is 5.97 Å². The van der Waals surface area contributed by atoms with Crippen molar-refractivity contribution in [3.8, 4) is 0 Å². The fraction of sp³-hybridized carbons (Fsp3) is 0.345. The normalized spacial score (nSPS) is 29.2. The molecule has 2 aliphatic heterocycles. The highest BCUT2D eigenvalue weighted by Gasteiger charge is 2.77. The van der Waals surface area contributed by atoms with Crippen LogP contribution in [-0.2, 0) is 28.7 Å². The number of hydrogen-bond acceptors (Lipinski definition) is 10. The first-order valence-electron chi connectivity index (χ1n) is 13.5. The van der Waals surface area contributed by atoms with Crippen molar-refractivity contribution in [1.29, 1.82) is 0 Å². The van der Waals surface area contributed by atoms with Crippen molar-refractivity contribution in [2.45, 2.75) is 20.8 Å². The number of nitro groups is 2. The van der Waals surface area contributed by atoms with Crippen LogP contribution in [0.25, 0.3) is 0 Å². The van der Waals surface area contributed by atoms with Gasteiger partial charge in [-0.1, -0.05) is 12.5 Å². The second kappa shape index (κ2) is 9.37. The van der Waals surface area contributed by atoms with Gasteiger partial charge in [0.1, 0.15) is 0 Å². The van der Waals surface area contributed by atoms with E-state index in [-0.39, 0.29) is 34.9 Å². The average Bonchev–Trinajstić information content (AvgIpc) is 3.39. The van der Waals surface area contributed by atoms with Gasteiger partial charge in [0.15, 0.2) is 0 Å². The topological polar surface area (TPSA) is 187 Å². The highest BCUT2D eigenvalue weighted by atomic mass is 16.6. The van der Waals surface area contributed by atoms with Crippen molar-refractivity contribution in [3.63, 3.8) is 0 Å². The number of benzene rings is 2. The van der Waals surface area contributed by atoms with Gasteiger partial charge in [0.25, 0.3) is 11.4 Å². The second-order valence-electron chi connectivity index (χ2n) is 11.2. The largest absolute Gasteiger partial charge is 0.463 e. The molecule has 220 valence electrons. The molecule has 7 rings (SSSR count). The molecule has 0 radical (unpaired) electrons. The van der Waals surface area contributed by atoms with Crippen LogP contribution in [-0.4, -0.2) is 46.1 Å². The minimum absolute atomic E-state index is 0.00213. The zero-order chi connectivity index (χ0) is 31.1. The van der Waals surface area contributed by atoms with Crippen molar-refractivity contribution in [2.24, 2.45) is 35.0 Å². The van der Waals surface area contributed by atoms with E-state index >= 15 is 0 Å². The molecule has 0 spiro atoms. The summed E-state index contributed by atoms with van der Waals surface area (Å²) in [5.41, 5.74) is -1.50. The molecule has 6 atom stereocenters. The van der Waals surface area contributed by atoms with Gasteiger partial charge in [0.2, 0.25) is 23.6 Å². The van der Waals surface area contributed by atoms with Crippen LogP contribution in [0.4, 0.5) is 22.7 Å². The van der Waals surface area contributed by atoms with E-state index in [1.54, 1.807) is 13.8 Å². The molecule has 2 saturated heterocycles. The summed E-state index contributed by atoms with van der Waals surface area (Å²) in [5, 5.41) is 22.3. The Bertz CT molecular complexity index is 1590. The van der Waals surface area contributed by atoms with Crippen LogP contribution in [0.1, 0.15) is 20.8 Å². The zero-order valence-corrected chi connectivity index (χ0v) is 23.1. The van der Waals surface area contributed by atoms with E-state index in [0.29, 0.717) is 5.57 Å². The first-order valence-corrected chi connectivity index (χ1v) is 13.5. The number of amides is 4. The lowest BCUT2D eigenvalue weighted by molar-refractivity contribution is -0.385. The van der Waals surface area contributed by atoms with Gasteiger partial charge < -0.3 is 4.74 Å². The molecule has 5 aliphatic rings. The van der Waals surface area contributed by atoms with Crippen LogP contribution < -0.4 is 9.80 Å². The lowest BCUT2D eigenvalue weighted by atomic mass is 9.43. The van der Waals surface area contributed by atoms with E-state index in [1.165, 1.54) is 31.2 Å². The lowest BCUT2D eigenvalue weighted by Crippen LogP contribution is -2.61. The minimum atomic E-state index is -1.63. The Kier molecular flexibility index (Phi) is 6.08. The Balaban J connectivity index is 1.49. The molecule has 14 heteroatoms. The summed E-state index contributed by atoms with van der Waals surface area (Å²) in [6.45, 7) is 4.73. The summed E-state index contributed by atoms with van der Waals surface area (Å²) in [7, 11) is 0. The van der Waals surface area contributed by atoms with Crippen LogP contribution in [0.5, 0.6) is 0 Å². The van der Waals surface area contributed by atoms with Crippen LogP contribution in [0.3, 0.4) is 0 Å². The molecule has 2 heterocycles. The number of rotatable bonds is 6. The Hall–Kier alpha value is -5.27. The van der Waals surface area contributed by atoms with Crippen LogP contribution >= 0.6 is 0 Å². The van der Waals surface area contributed by atoms with E-state index in [9.17, 15) is 44.2 Å². The number of esters is 1. The molecule has 4 amide bonds. The number of nitrogens with zero attached hydrogens (tertiary/aromatic N) is 4. The second-order valence-corrected chi connectivity index (χ2v) is 11.2. The van der Waals surface area contributed by atoms with Gasteiger partial charge in [-0.25, -0.2) is 14.6 Å². The van der Waals surface area contributed by atoms with E-state index in [0.717, 1.165) is 34.1 Å². The number of allylic oxidation sites excluding steroid dienone is 1. The highest BCUT2D eigenvalue weighted by molar-refractivity contribution is 6.27. The molecule has 3 fully saturated rings. The molecule has 0 aromatic heterocycles. The standard InChI is InChI=1S/C29H24N4O10/c1-4-43-28(38)21-13(2)18-19-22(26(36)30(24(19)34)14-5-9-16(10-6-14)32(39)40)29(21,3)23-20(18)25(35)31(27(23)37)15-7-11-17(12-8-15)33(41)42/h5-12,18-20,22-23H,4H2,1-3H3/t18?,19-,20+,22+,23-,29?. The van der Waals surface area contributed by atoms with E-state index < -0.39 is 74.4 Å². The summed E-state index contributed by atoms with van der Waals surface area (Å²) in [6, 6.07) is 9.73. The third kappa shape index (κ3) is 3.55. The van der Waals surface area contributed by atoms with Gasteiger partial charge in [0.05, 0.1) is 51.5 Å². The minimum Gasteiger partial charge on any atom is -0.463 e. The number of imide groups is 2. The molecule has 43 heavy (non-hydrogen) atoms. The maximum atomic E-state index is 14.1. The fourth-order valence-electron chi connectivity index (χ4n) is 7.76. The smallest absolute Gasteiger partial charge is 0.334 e. The summed E-state index contributed by atoms with van der Waals surface area (Å²) in [5.74, 6) is -9.05. The SMILES string of the molecule is CCOC(=O)C1=C(C)C2[C@H]3C(=O)N(c4ccc([N+](=O)[O-])cc4)C(=O)[C@H]3C1(C)[C@H]1C(=O)N(c3ccc([N+](=O)[O-])cc3)C(=O)[C@@H]21. The number of ether oxygens (including phenoxy) is 1. The Morgan fingerprint density at radius 3 is 1.51 bits per heavy atom. The van der Waals surface area contributed by atoms with Crippen LogP contribution in [0, 0.1) is 55.2 Å². The molecule has 2 bridgehead atoms. The maximum Gasteiger partial charge on any atom is 0.334 e. The molecular formula is C29H24N4O10. The molecule has 2 unspecified atom stereocenters. The molecule has 0 N–H and O–H groups in total. The molecule has 3 aliphatic carbocycles. The third-order valence-electron chi connectivity index (χ3n) is 9.32. The van der Waals surface area contributed by atoms with Gasteiger partial charge in [-0.05, 0) is 38.1 Å². The molecule has 14 nitrogen and oxygen atoms in total. The van der Waals surface area contributed by atoms with Crippen molar-refractivity contribution >= 4 is 52.3 Å². The summed E-state index contributed by atoms with van der Waals surface area (Å²) in [4.78, 5) is 92.7. The Labute approximate surface area is 243 Å². The lowest BCUT2D eigenvalue weighted by Gasteiger charge is -2.55. The molecule has 2 aromatic rings. The number of carbonyl (C=O) groups is 5. The quantitative estimate of drug-likeness (QED) is 0.210. The fourth-order valence-corrected chi connectivity index (χ4v) is 7.76. The van der Waals surface area contributed by atoms with Crippen LogP contribution in [0.2, 0.25) is 0 Å². The Morgan fingerprint density at radius 2 is 1.16 bits per heavy atom. The summed E-state index contributed by atoms with van der Waals surface area (Å²) >= 11 is 0. The van der Waals surface area contributed by atoms with Crippen LogP contribution in [0.15, 0.2) is 59.7 Å². The number of anilines is 2. The summed E-state index contributed by atoms with van der Waals surface area (Å²) in [6.07, 6.45) is 0. The predicted molar refractivity (Wildman–Crippen MR) is 146 cm³/mol. The van der Waals surface area contributed by atoms with Crippen molar-refractivity contribution < 1.29 is 38.6 Å². The van der Waals surface area contributed by atoms with Crippen molar-refractivity contribution in [3.05, 3.63) is 79.9 Å². The Morgan fingerprint density at radius 1 is 0.767 bits per heavy atom. The van der Waals surface area contributed by atoms with E-state index in [2.05, 4.69) is 0 Å². The van der Waals surface area contributed by atoms with Gasteiger partial charge in [-0.15, -0.1) is 0 Å². The molecular weight excluding hydrogens is 564 g/mol. The zero-order valence-electron chi connectivity index (χ0n) is 23.1. The number of nitro benzene ring substituents is 2. The van der Waals surface area contributed by atoms with Crippen molar-refractivity contribution in [1.82, 2.24) is 0 Å². The van der Waals surface area contributed by atoms with E-state index in [4.69, 9.17) is 4.74 Å². The summed E-state index contributed by atoms with van der Waals surface area (Å²) < 4.78 is 5.34. The first-order chi connectivity index (χ1) is 20.4. The van der Waals surface area contributed by atoms with Crippen molar-refractivity contribution in [2.75, 3.05) is 16.4 Å². The van der Waals surface area contributed by atoms with Gasteiger partial charge in [0, 0.05) is 41.2 Å².